The largest absolute Gasteiger partial charge is 0.416 e. The Balaban J connectivity index is 1.62. The maximum Gasteiger partial charge on any atom is 0.416 e. The van der Waals surface area contributed by atoms with Gasteiger partial charge in [0.15, 0.2) is 0 Å². The van der Waals surface area contributed by atoms with Crippen LogP contribution < -0.4 is 4.74 Å². The van der Waals surface area contributed by atoms with E-state index in [0.717, 1.165) is 73.3 Å². The van der Waals surface area contributed by atoms with Crippen molar-refractivity contribution in [2.75, 3.05) is 13.1 Å². The summed E-state index contributed by atoms with van der Waals surface area (Å²) in [7, 11) is 0. The summed E-state index contributed by atoms with van der Waals surface area (Å²) >= 11 is 6.21. The molecule has 1 fully saturated rings. The van der Waals surface area contributed by atoms with Crippen LogP contribution in [0.25, 0.3) is 16.8 Å². The number of rotatable bonds is 2. The number of nitrogens with zero attached hydrogens (tertiary/aromatic N) is 4. The average Bonchev–Trinajstić information content (AvgIpc) is 3.13. The van der Waals surface area contributed by atoms with Crippen molar-refractivity contribution in [3.63, 3.8) is 0 Å². The molecule has 2 aliphatic rings. The zero-order chi connectivity index (χ0) is 19.8. The molecule has 2 aromatic heterocycles. The molecule has 1 aromatic carbocycles. The Hall–Kier alpha value is -2.86. The number of benzene rings is 1. The number of aryl methyl sites for hydroxylation is 2. The van der Waals surface area contributed by atoms with Gasteiger partial charge in [-0.1, -0.05) is 17.7 Å². The Labute approximate surface area is 174 Å². The number of ether oxygens (including phenoxy) is 1. The number of fused-ring (bicyclic) bond motifs is 3. The SMILES string of the molecule is O=C(Oc1c2c(nn1-c1ccncc1)CCc1cc(Cl)ccc1-2)N1CCCCC1. The normalized spacial score (nSPS) is 15.6. The molecule has 3 aromatic rings. The first kappa shape index (κ1) is 18.2. The minimum absolute atomic E-state index is 0.316. The number of piperidine rings is 1. The monoisotopic (exact) mass is 408 g/mol. The summed E-state index contributed by atoms with van der Waals surface area (Å²) in [5.74, 6) is 0.463. The number of hydrogen-bond donors (Lipinski definition) is 0. The number of pyridine rings is 1. The molecule has 29 heavy (non-hydrogen) atoms. The topological polar surface area (TPSA) is 60.2 Å². The second kappa shape index (κ2) is 7.52. The Morgan fingerprint density at radius 1 is 1.03 bits per heavy atom. The summed E-state index contributed by atoms with van der Waals surface area (Å²) in [6, 6.07) is 9.57. The first-order valence-electron chi connectivity index (χ1n) is 9.98. The highest BCUT2D eigenvalue weighted by Crippen LogP contribution is 2.42. The summed E-state index contributed by atoms with van der Waals surface area (Å²) in [6.07, 6.45) is 7.91. The minimum atomic E-state index is -0.316. The first-order chi connectivity index (χ1) is 14.2. The van der Waals surface area contributed by atoms with Gasteiger partial charge in [-0.15, -0.1) is 0 Å². The molecule has 0 radical (unpaired) electrons. The Morgan fingerprint density at radius 2 is 1.83 bits per heavy atom. The third kappa shape index (κ3) is 3.38. The van der Waals surface area contributed by atoms with Gasteiger partial charge in [-0.25, -0.2) is 4.79 Å². The molecule has 0 spiro atoms. The lowest BCUT2D eigenvalue weighted by Gasteiger charge is -2.26. The fourth-order valence-electron chi connectivity index (χ4n) is 4.14. The number of amides is 1. The van der Waals surface area contributed by atoms with E-state index in [9.17, 15) is 4.79 Å². The summed E-state index contributed by atoms with van der Waals surface area (Å²) in [6.45, 7) is 1.47. The van der Waals surface area contributed by atoms with E-state index in [0.29, 0.717) is 10.9 Å². The van der Waals surface area contributed by atoms with Crippen LogP contribution in [0.3, 0.4) is 0 Å². The van der Waals surface area contributed by atoms with E-state index in [1.165, 1.54) is 0 Å². The van der Waals surface area contributed by atoms with Crippen LogP contribution in [-0.4, -0.2) is 38.8 Å². The van der Waals surface area contributed by atoms with Gasteiger partial charge < -0.3 is 9.64 Å². The van der Waals surface area contributed by atoms with Crippen molar-refractivity contribution in [1.82, 2.24) is 19.7 Å². The fourth-order valence-corrected chi connectivity index (χ4v) is 4.33. The molecule has 0 atom stereocenters. The van der Waals surface area contributed by atoms with Crippen LogP contribution in [0.5, 0.6) is 5.88 Å². The van der Waals surface area contributed by atoms with Crippen LogP contribution in [0.15, 0.2) is 42.7 Å². The Bertz CT molecular complexity index is 1060. The smallest absolute Gasteiger partial charge is 0.390 e. The Kier molecular flexibility index (Phi) is 4.72. The van der Waals surface area contributed by atoms with Gasteiger partial charge in [0.25, 0.3) is 0 Å². The van der Waals surface area contributed by atoms with Crippen molar-refractivity contribution < 1.29 is 9.53 Å². The number of aromatic nitrogens is 3. The summed E-state index contributed by atoms with van der Waals surface area (Å²) in [5.41, 5.74) is 4.79. The predicted octanol–water partition coefficient (Wildman–Crippen LogP) is 4.67. The van der Waals surface area contributed by atoms with Gasteiger partial charge in [-0.05, 0) is 67.5 Å². The lowest BCUT2D eigenvalue weighted by molar-refractivity contribution is 0.140. The lowest BCUT2D eigenvalue weighted by atomic mass is 9.90. The first-order valence-corrected chi connectivity index (χ1v) is 10.4. The standard InChI is InChI=1S/C22H21ClN4O2/c23-16-5-6-18-15(14-16)4-7-19-20(18)21(27(25-19)17-8-10-24-11-9-17)29-22(28)26-12-2-1-3-13-26/h5-6,8-11,14H,1-4,7,12-13H2. The van der Waals surface area contributed by atoms with E-state index in [2.05, 4.69) is 4.98 Å². The van der Waals surface area contributed by atoms with Crippen LogP contribution in [0.1, 0.15) is 30.5 Å². The summed E-state index contributed by atoms with van der Waals surface area (Å²) < 4.78 is 7.72. The number of carbonyl (C=O) groups excluding carboxylic acids is 1. The molecule has 1 amide bonds. The second-order valence-corrected chi connectivity index (χ2v) is 7.90. The highest BCUT2D eigenvalue weighted by molar-refractivity contribution is 6.30. The molecular weight excluding hydrogens is 388 g/mol. The molecule has 0 unspecified atom stereocenters. The van der Waals surface area contributed by atoms with Crippen molar-refractivity contribution in [2.24, 2.45) is 0 Å². The molecule has 1 aliphatic carbocycles. The van der Waals surface area contributed by atoms with Crippen LogP contribution in [-0.2, 0) is 12.8 Å². The molecule has 5 rings (SSSR count). The van der Waals surface area contributed by atoms with Crippen LogP contribution in [0.4, 0.5) is 4.79 Å². The molecule has 0 N–H and O–H groups in total. The third-order valence-corrected chi connectivity index (χ3v) is 5.82. The molecule has 1 saturated heterocycles. The maximum atomic E-state index is 12.9. The maximum absolute atomic E-state index is 12.9. The van der Waals surface area contributed by atoms with Crippen LogP contribution in [0, 0.1) is 0 Å². The zero-order valence-corrected chi connectivity index (χ0v) is 16.7. The highest BCUT2D eigenvalue weighted by Gasteiger charge is 2.30. The van der Waals surface area contributed by atoms with Crippen molar-refractivity contribution in [3.8, 4) is 22.7 Å². The van der Waals surface area contributed by atoms with Gasteiger partial charge in [0.2, 0.25) is 5.88 Å². The van der Waals surface area contributed by atoms with Crippen LogP contribution in [0.2, 0.25) is 5.02 Å². The molecule has 0 saturated carbocycles. The number of hydrogen-bond acceptors (Lipinski definition) is 4. The molecule has 0 bridgehead atoms. The van der Waals surface area contributed by atoms with Crippen molar-refractivity contribution in [2.45, 2.75) is 32.1 Å². The van der Waals surface area contributed by atoms with E-state index < -0.39 is 0 Å². The van der Waals surface area contributed by atoms with Gasteiger partial charge in [0.1, 0.15) is 0 Å². The molecule has 1 aliphatic heterocycles. The van der Waals surface area contributed by atoms with Gasteiger partial charge in [0, 0.05) is 30.5 Å². The number of carbonyl (C=O) groups is 1. The Morgan fingerprint density at radius 3 is 2.62 bits per heavy atom. The molecule has 148 valence electrons. The average molecular weight is 409 g/mol. The van der Waals surface area contributed by atoms with Crippen LogP contribution >= 0.6 is 11.6 Å². The van der Waals surface area contributed by atoms with E-state index in [1.54, 1.807) is 22.0 Å². The molecule has 3 heterocycles. The van der Waals surface area contributed by atoms with Crippen molar-refractivity contribution >= 4 is 17.7 Å². The number of halogens is 1. The summed E-state index contributed by atoms with van der Waals surface area (Å²) in [5, 5.41) is 5.51. The summed E-state index contributed by atoms with van der Waals surface area (Å²) in [4.78, 5) is 18.8. The van der Waals surface area contributed by atoms with Crippen molar-refractivity contribution in [3.05, 3.63) is 59.0 Å². The van der Waals surface area contributed by atoms with Crippen molar-refractivity contribution in [1.29, 1.82) is 0 Å². The fraction of sp³-hybridized carbons (Fsp3) is 0.318. The van der Waals surface area contributed by atoms with Gasteiger partial charge >= 0.3 is 6.09 Å². The molecule has 6 nitrogen and oxygen atoms in total. The third-order valence-electron chi connectivity index (χ3n) is 5.59. The van der Waals surface area contributed by atoms with E-state index in [1.807, 2.05) is 30.3 Å². The molecular formula is C22H21ClN4O2. The second-order valence-electron chi connectivity index (χ2n) is 7.46. The predicted molar refractivity (Wildman–Crippen MR) is 111 cm³/mol. The van der Waals surface area contributed by atoms with E-state index >= 15 is 0 Å². The zero-order valence-electron chi connectivity index (χ0n) is 16.0. The van der Waals surface area contributed by atoms with Gasteiger partial charge in [0.05, 0.1) is 16.9 Å². The van der Waals surface area contributed by atoms with E-state index in [-0.39, 0.29) is 6.09 Å². The number of likely N-dealkylation sites (tertiary alicyclic amines) is 1. The quantitative estimate of drug-likeness (QED) is 0.618. The highest BCUT2D eigenvalue weighted by atomic mass is 35.5. The molecule has 7 heteroatoms. The van der Waals surface area contributed by atoms with Gasteiger partial charge in [-0.3, -0.25) is 4.98 Å². The minimum Gasteiger partial charge on any atom is -0.390 e. The lowest BCUT2D eigenvalue weighted by Crippen LogP contribution is -2.38. The van der Waals surface area contributed by atoms with Gasteiger partial charge in [-0.2, -0.15) is 9.78 Å². The van der Waals surface area contributed by atoms with E-state index in [4.69, 9.17) is 21.4 Å².